The van der Waals surface area contributed by atoms with E-state index in [1.165, 1.54) is 87.9 Å². The summed E-state index contributed by atoms with van der Waals surface area (Å²) in [6.07, 6.45) is 6.21. The fourth-order valence-electron chi connectivity index (χ4n) is 11.0. The molecule has 0 spiro atoms. The van der Waals surface area contributed by atoms with Crippen LogP contribution < -0.4 is 5.48 Å². The minimum atomic E-state index is -0.955. The number of nitrogens with one attached hydrogen (secondary N) is 1. The summed E-state index contributed by atoms with van der Waals surface area (Å²) < 4.78 is 116. The molecule has 101 heavy (non-hydrogen) atoms. The number of ketones is 1. The summed E-state index contributed by atoms with van der Waals surface area (Å²) in [5, 5.41) is 21.9. The molecule has 30 heteroatoms. The van der Waals surface area contributed by atoms with Crippen molar-refractivity contribution < 1.29 is 104 Å². The molecule has 10 atom stereocenters. The van der Waals surface area contributed by atoms with Gasteiger partial charge in [-0.05, 0) is 79.2 Å². The molecule has 2 unspecified atom stereocenters. The molecule has 3 N–H and O–H groups in total. The number of nitrogens with zero attached hydrogens (tertiary/aromatic N) is 3. The van der Waals surface area contributed by atoms with Gasteiger partial charge in [-0.15, -0.1) is 26.3 Å². The second-order valence-corrected chi connectivity index (χ2v) is 26.7. The van der Waals surface area contributed by atoms with Crippen LogP contribution in [-0.4, -0.2) is 222 Å². The molecule has 0 bridgehead atoms. The van der Waals surface area contributed by atoms with Crippen LogP contribution in [0.3, 0.4) is 0 Å². The average Bonchev–Trinajstić information content (AvgIpc) is 1.54. The highest BCUT2D eigenvalue weighted by molar-refractivity contribution is 9.11. The average molecular weight is 1690 g/mol. The number of methoxy groups -OCH3 is 6. The number of carbonyl (C=O) groups excluding carboxylic acids is 3. The molecule has 9 rings (SSSR count). The number of ether oxygens (including phenoxy) is 11. The Bertz CT molecular complexity index is 3290. The number of hydrogen-bond acceptors (Lipinski definition) is 20. The van der Waals surface area contributed by atoms with E-state index in [9.17, 15) is 31.9 Å². The molecule has 5 fully saturated rings. The van der Waals surface area contributed by atoms with Gasteiger partial charge in [-0.25, -0.2) is 22.6 Å². The van der Waals surface area contributed by atoms with E-state index in [0.29, 0.717) is 99.2 Å². The lowest BCUT2D eigenvalue weighted by Gasteiger charge is -2.35. The monoisotopic (exact) mass is 1680 g/mol. The van der Waals surface area contributed by atoms with Crippen molar-refractivity contribution in [2.75, 3.05) is 148 Å². The van der Waals surface area contributed by atoms with Gasteiger partial charge >= 0.3 is 0 Å². The number of hydroxylamine groups is 3. The molecule has 5 aliphatic heterocycles. The van der Waals surface area contributed by atoms with Gasteiger partial charge in [0.1, 0.15) is 46.7 Å². The Morgan fingerprint density at radius 2 is 1.15 bits per heavy atom. The van der Waals surface area contributed by atoms with Gasteiger partial charge in [0.2, 0.25) is 11.8 Å². The highest BCUT2D eigenvalue weighted by Crippen LogP contribution is 2.50. The lowest BCUT2D eigenvalue weighted by Crippen LogP contribution is -2.48. The largest absolute Gasteiger partial charge is 0.411 e. The van der Waals surface area contributed by atoms with Gasteiger partial charge in [0.15, 0.2) is 5.78 Å². The summed E-state index contributed by atoms with van der Waals surface area (Å²) in [5.41, 5.74) is 2.63. The number of amides is 2. The summed E-state index contributed by atoms with van der Waals surface area (Å²) >= 11 is 13.2. The second-order valence-electron chi connectivity index (χ2n) is 23.0. The van der Waals surface area contributed by atoms with Crippen LogP contribution in [0.2, 0.25) is 0 Å². The molecule has 0 radical (unpaired) electrons. The number of morpholine rings is 1. The first kappa shape index (κ1) is 88.4. The second kappa shape index (κ2) is 46.7. The zero-order chi connectivity index (χ0) is 74.7. The van der Waals surface area contributed by atoms with Gasteiger partial charge in [-0.1, -0.05) is 93.2 Å². The van der Waals surface area contributed by atoms with Crippen molar-refractivity contribution in [3.05, 3.63) is 187 Å². The summed E-state index contributed by atoms with van der Waals surface area (Å²) in [4.78, 5) is 48.4. The summed E-state index contributed by atoms with van der Waals surface area (Å²) in [6.45, 7) is 22.0. The SMILES string of the molecule is C=C[C@@H](COC)OC/C(=N/O)c1cc(Br)ccc1F.C=C[C@@H](COC)OCC(=O)c1cc(Br)ccc1F.C=C[C@H](CCC(=O)N1CCOCC1)COC.C=C[C@H](O)COC.COC[C@H]1OC[C@@]2(c3cc(Br)ccc3F)C1CON2C(C)=O.COC[C@H]1OC[C@]2(c3cc(Br)ccc3F)NOCC12. The van der Waals surface area contributed by atoms with Gasteiger partial charge in [-0.2, -0.15) is 5.48 Å². The number of halogens is 8. The van der Waals surface area contributed by atoms with E-state index in [-0.39, 0.29) is 102 Å². The summed E-state index contributed by atoms with van der Waals surface area (Å²) in [7, 11) is 9.48. The van der Waals surface area contributed by atoms with Crippen LogP contribution in [0, 0.1) is 41.0 Å². The van der Waals surface area contributed by atoms with E-state index in [2.05, 4.69) is 105 Å². The zero-order valence-corrected chi connectivity index (χ0v) is 64.0. The minimum Gasteiger partial charge on any atom is -0.411 e. The summed E-state index contributed by atoms with van der Waals surface area (Å²) in [6, 6.07) is 18.2. The lowest BCUT2D eigenvalue weighted by molar-refractivity contribution is -0.194. The Balaban J connectivity index is 0.000000262. The molecule has 5 aliphatic rings. The molecular weight excluding hydrogens is 1590 g/mol. The van der Waals surface area contributed by atoms with Crippen LogP contribution in [-0.2, 0) is 82.4 Å². The maximum atomic E-state index is 14.5. The first-order chi connectivity index (χ1) is 48.5. The van der Waals surface area contributed by atoms with E-state index in [4.69, 9.17) is 67.4 Å². The van der Waals surface area contributed by atoms with Crippen LogP contribution >= 0.6 is 63.7 Å². The molecule has 0 aliphatic carbocycles. The molecule has 4 aromatic rings. The van der Waals surface area contributed by atoms with Gasteiger partial charge < -0.3 is 72.2 Å². The molecule has 5 saturated heterocycles. The summed E-state index contributed by atoms with van der Waals surface area (Å²) in [5.74, 6) is -2.03. The minimum absolute atomic E-state index is 0.00426. The van der Waals surface area contributed by atoms with Gasteiger partial charge in [-0.3, -0.25) is 19.2 Å². The zero-order valence-electron chi connectivity index (χ0n) is 57.7. The molecule has 22 nitrogen and oxygen atoms in total. The fraction of sp³-hybridized carbons (Fsp3) is 0.493. The molecule has 2 amide bonds. The predicted octanol–water partition coefficient (Wildman–Crippen LogP) is 11.4. The quantitative estimate of drug-likeness (QED) is 0.0114. The first-order valence-electron chi connectivity index (χ1n) is 31.8. The predicted molar refractivity (Wildman–Crippen MR) is 384 cm³/mol. The normalized spacial score (nSPS) is 21.5. The topological polar surface area (TPSA) is 243 Å². The number of hydrogen-bond donors (Lipinski definition) is 3. The number of fused-ring (bicyclic) bond motifs is 2. The Labute approximate surface area is 622 Å². The Hall–Kier alpha value is -5.04. The van der Waals surface area contributed by atoms with E-state index in [1.807, 2.05) is 11.0 Å². The number of benzene rings is 4. The van der Waals surface area contributed by atoms with Crippen LogP contribution in [0.25, 0.3) is 0 Å². The number of aliphatic hydroxyl groups excluding tert-OH is 1. The number of oxime groups is 1. The standard InChI is InChI=1S/C15H17BrFNO4.2C13H15BrFNO3.C13H14BrFO3.C12H21NO3.C5H10O2/c1-9(19)18-15(11-5-10(16)3-4-13(11)17)8-21-14(7-20-2)12(15)6-22-18;1-17-6-12-10-5-19-16-13(10,7-18-12)9-4-8(14)2-3-11(9)15;1-3-10(7-18-2)19-8-13(16-17)11-6-9(14)4-5-12(11)15;1-3-10(7-17-2)18-8-13(16)11-6-9(14)4-5-12(11)15;1-3-11(10-15-2)4-5-12(14)13-6-8-16-9-7-13;1-3-5(6)4-7-2/h3-5,12,14H,6-8H2,1-2H3;2-4,10,12,16H,5-7H2,1H3;3-6,10,17H,1,7-8H2,2H3;3-6,10H,1,7-8H2,2H3;3,11H,1,4-10H2,2H3;3,5-6H,1,4H2,2H3/b;;16-13-;;;/t12?,14-,15-;10?,12-,13-;2*10-;11-;5-/m110010/s1. The van der Waals surface area contributed by atoms with Gasteiger partial charge in [0.25, 0.3) is 0 Å². The smallest absolute Gasteiger partial charge is 0.243 e. The molecule has 0 aromatic heterocycles. The third-order valence-corrected chi connectivity index (χ3v) is 18.2. The van der Waals surface area contributed by atoms with Crippen molar-refractivity contribution in [3.8, 4) is 0 Å². The Morgan fingerprint density at radius 3 is 1.66 bits per heavy atom. The van der Waals surface area contributed by atoms with Gasteiger partial charge in [0.05, 0.1) is 122 Å². The highest BCUT2D eigenvalue weighted by Gasteiger charge is 2.62. The van der Waals surface area contributed by atoms with Crippen molar-refractivity contribution in [3.63, 3.8) is 0 Å². The molecule has 0 saturated carbocycles. The number of carbonyl (C=O) groups is 3. The van der Waals surface area contributed by atoms with Crippen LogP contribution in [0.1, 0.15) is 46.8 Å². The molecule has 4 aromatic carbocycles. The van der Waals surface area contributed by atoms with Crippen LogP contribution in [0.4, 0.5) is 17.6 Å². The highest BCUT2D eigenvalue weighted by atomic mass is 79.9. The molecule has 5 heterocycles. The van der Waals surface area contributed by atoms with Crippen molar-refractivity contribution in [2.24, 2.45) is 22.9 Å². The molecule has 560 valence electrons. The van der Waals surface area contributed by atoms with Gasteiger partial charge in [0, 0.05) is 121 Å². The van der Waals surface area contributed by atoms with Crippen LogP contribution in [0.5, 0.6) is 0 Å². The van der Waals surface area contributed by atoms with Crippen molar-refractivity contribution >= 4 is 87.0 Å². The van der Waals surface area contributed by atoms with E-state index in [1.54, 1.807) is 57.7 Å². The first-order valence-corrected chi connectivity index (χ1v) is 35.0. The molecular formula is C71H92Br4F4N4O18. The maximum Gasteiger partial charge on any atom is 0.243 e. The third-order valence-electron chi connectivity index (χ3n) is 16.3. The number of Topliss-reactive ketones (excluding diaryl/α,β-unsaturated/α-hetero) is 1. The Kier molecular flexibility index (Phi) is 40.9. The third kappa shape index (κ3) is 26.5. The van der Waals surface area contributed by atoms with E-state index < -0.39 is 34.6 Å². The number of rotatable bonds is 29. The maximum absolute atomic E-state index is 14.5. The number of aliphatic hydroxyl groups is 1. The Morgan fingerprint density at radius 1 is 0.644 bits per heavy atom. The van der Waals surface area contributed by atoms with E-state index >= 15 is 0 Å². The van der Waals surface area contributed by atoms with Crippen molar-refractivity contribution in [1.29, 1.82) is 0 Å². The lowest BCUT2D eigenvalue weighted by atomic mass is 9.78. The van der Waals surface area contributed by atoms with Crippen LogP contribution in [0.15, 0.2) is 146 Å². The van der Waals surface area contributed by atoms with Crippen molar-refractivity contribution in [1.82, 2.24) is 15.4 Å². The van der Waals surface area contributed by atoms with Crippen molar-refractivity contribution in [2.45, 2.75) is 61.4 Å². The van der Waals surface area contributed by atoms with E-state index in [0.717, 1.165) is 28.5 Å². The fourth-order valence-corrected chi connectivity index (χ4v) is 12.5.